The van der Waals surface area contributed by atoms with Gasteiger partial charge >= 0.3 is 0 Å². The molecule has 0 radical (unpaired) electrons. The number of aliphatic hydroxyl groups excluding tert-OH is 3. The van der Waals surface area contributed by atoms with Crippen LogP contribution in [0.15, 0.2) is 0 Å². The van der Waals surface area contributed by atoms with E-state index in [-0.39, 0.29) is 5.41 Å². The number of hydrogen-bond acceptors (Lipinski definition) is 4. The van der Waals surface area contributed by atoms with Gasteiger partial charge in [-0.3, -0.25) is 0 Å². The van der Waals surface area contributed by atoms with Crippen molar-refractivity contribution >= 4 is 0 Å². The summed E-state index contributed by atoms with van der Waals surface area (Å²) in [6, 6.07) is 0. The molecule has 0 aromatic carbocycles. The van der Waals surface area contributed by atoms with Gasteiger partial charge in [0, 0.05) is 5.54 Å². The highest BCUT2D eigenvalue weighted by molar-refractivity contribution is 5.01. The Bertz CT molecular complexity index is 180. The van der Waals surface area contributed by atoms with Gasteiger partial charge < -0.3 is 21.1 Å². The van der Waals surface area contributed by atoms with E-state index in [4.69, 9.17) is 10.8 Å². The monoisotopic (exact) mass is 205 g/mol. The van der Waals surface area contributed by atoms with E-state index in [1.807, 2.05) is 20.8 Å². The zero-order valence-corrected chi connectivity index (χ0v) is 9.49. The van der Waals surface area contributed by atoms with Crippen LogP contribution < -0.4 is 5.73 Å². The van der Waals surface area contributed by atoms with Gasteiger partial charge in [-0.1, -0.05) is 20.8 Å². The van der Waals surface area contributed by atoms with E-state index in [0.717, 1.165) is 6.42 Å². The fourth-order valence-electron chi connectivity index (χ4n) is 1.28. The van der Waals surface area contributed by atoms with Crippen molar-refractivity contribution < 1.29 is 15.3 Å². The van der Waals surface area contributed by atoms with E-state index in [1.165, 1.54) is 0 Å². The maximum atomic E-state index is 9.78. The summed E-state index contributed by atoms with van der Waals surface area (Å²) in [6.07, 6.45) is -1.52. The SMILES string of the molecule is CCC(C)(C)C(C)(N)C(O)C(O)CO. The molecule has 0 saturated heterocycles. The van der Waals surface area contributed by atoms with E-state index in [9.17, 15) is 10.2 Å². The zero-order valence-electron chi connectivity index (χ0n) is 9.49. The van der Waals surface area contributed by atoms with Gasteiger partial charge in [-0.25, -0.2) is 0 Å². The largest absolute Gasteiger partial charge is 0.394 e. The minimum atomic E-state index is -1.18. The van der Waals surface area contributed by atoms with Crippen molar-refractivity contribution in [1.29, 1.82) is 0 Å². The highest BCUT2D eigenvalue weighted by Gasteiger charge is 2.44. The quantitative estimate of drug-likeness (QED) is 0.503. The Hall–Kier alpha value is -0.160. The van der Waals surface area contributed by atoms with Crippen LogP contribution in [-0.4, -0.2) is 39.7 Å². The Morgan fingerprint density at radius 3 is 1.93 bits per heavy atom. The summed E-state index contributed by atoms with van der Waals surface area (Å²) in [7, 11) is 0. The summed E-state index contributed by atoms with van der Waals surface area (Å²) < 4.78 is 0. The van der Waals surface area contributed by atoms with Crippen molar-refractivity contribution in [3.8, 4) is 0 Å². The molecule has 0 amide bonds. The third-order valence-electron chi connectivity index (χ3n) is 3.51. The second-order valence-corrected chi connectivity index (χ2v) is 4.71. The molecule has 14 heavy (non-hydrogen) atoms. The lowest BCUT2D eigenvalue weighted by molar-refractivity contribution is -0.0799. The highest BCUT2D eigenvalue weighted by atomic mass is 16.4. The van der Waals surface area contributed by atoms with Crippen LogP contribution in [0.1, 0.15) is 34.1 Å². The first-order valence-electron chi connectivity index (χ1n) is 4.96. The van der Waals surface area contributed by atoms with Gasteiger partial charge in [0.25, 0.3) is 0 Å². The molecule has 0 heterocycles. The van der Waals surface area contributed by atoms with Crippen LogP contribution in [0.5, 0.6) is 0 Å². The summed E-state index contributed by atoms with van der Waals surface area (Å²) in [6.45, 7) is 7.05. The van der Waals surface area contributed by atoms with Crippen molar-refractivity contribution in [3.05, 3.63) is 0 Å². The van der Waals surface area contributed by atoms with Gasteiger partial charge in [0.05, 0.1) is 6.61 Å². The number of hydrogen-bond donors (Lipinski definition) is 4. The Morgan fingerprint density at radius 1 is 1.21 bits per heavy atom. The molecule has 0 aliphatic carbocycles. The second kappa shape index (κ2) is 4.57. The van der Waals surface area contributed by atoms with Crippen LogP contribution in [0.3, 0.4) is 0 Å². The Kier molecular flexibility index (Phi) is 4.52. The average Bonchev–Trinajstić information content (AvgIpc) is 2.14. The molecular formula is C10H23NO3. The first-order chi connectivity index (χ1) is 6.20. The van der Waals surface area contributed by atoms with E-state index in [0.29, 0.717) is 0 Å². The van der Waals surface area contributed by atoms with Crippen LogP contribution in [0.2, 0.25) is 0 Å². The predicted molar refractivity (Wildman–Crippen MR) is 55.8 cm³/mol. The first kappa shape index (κ1) is 13.8. The van der Waals surface area contributed by atoms with Crippen LogP contribution in [0.25, 0.3) is 0 Å². The fraction of sp³-hybridized carbons (Fsp3) is 1.00. The van der Waals surface area contributed by atoms with Gasteiger partial charge in [-0.15, -0.1) is 0 Å². The van der Waals surface area contributed by atoms with E-state index in [2.05, 4.69) is 0 Å². The smallest absolute Gasteiger partial charge is 0.105 e. The van der Waals surface area contributed by atoms with Crippen LogP contribution >= 0.6 is 0 Å². The Morgan fingerprint density at radius 2 is 1.64 bits per heavy atom. The molecule has 0 aromatic heterocycles. The zero-order chi connectivity index (χ0) is 11.6. The first-order valence-corrected chi connectivity index (χ1v) is 4.96. The van der Waals surface area contributed by atoms with Crippen molar-refractivity contribution in [2.45, 2.75) is 51.9 Å². The molecule has 5 N–H and O–H groups in total. The van der Waals surface area contributed by atoms with Gasteiger partial charge in [0.2, 0.25) is 0 Å². The minimum Gasteiger partial charge on any atom is -0.394 e. The van der Waals surface area contributed by atoms with Crippen LogP contribution in [-0.2, 0) is 0 Å². The predicted octanol–water partition coefficient (Wildman–Crippen LogP) is -0.146. The Balaban J connectivity index is 4.76. The molecule has 0 spiro atoms. The van der Waals surface area contributed by atoms with Gasteiger partial charge in [-0.2, -0.15) is 0 Å². The van der Waals surface area contributed by atoms with E-state index >= 15 is 0 Å². The topological polar surface area (TPSA) is 86.7 Å². The summed E-state index contributed by atoms with van der Waals surface area (Å²) in [5, 5.41) is 27.9. The molecule has 3 unspecified atom stereocenters. The third kappa shape index (κ3) is 2.45. The van der Waals surface area contributed by atoms with Gasteiger partial charge in [0.15, 0.2) is 0 Å². The second-order valence-electron chi connectivity index (χ2n) is 4.71. The summed E-state index contributed by atoms with van der Waals surface area (Å²) in [5.41, 5.74) is 4.77. The van der Waals surface area contributed by atoms with Crippen molar-refractivity contribution in [2.24, 2.45) is 11.1 Å². The lowest BCUT2D eigenvalue weighted by Gasteiger charge is -2.45. The molecule has 3 atom stereocenters. The van der Waals surface area contributed by atoms with E-state index in [1.54, 1.807) is 6.92 Å². The van der Waals surface area contributed by atoms with Gasteiger partial charge in [0.1, 0.15) is 12.2 Å². The van der Waals surface area contributed by atoms with Crippen LogP contribution in [0, 0.1) is 5.41 Å². The number of aliphatic hydroxyl groups is 3. The maximum Gasteiger partial charge on any atom is 0.105 e. The standard InChI is InChI=1S/C10H23NO3/c1-5-9(2,3)10(4,11)8(14)7(13)6-12/h7-8,12-14H,5-6,11H2,1-4H3. The molecule has 0 bridgehead atoms. The van der Waals surface area contributed by atoms with Crippen molar-refractivity contribution in [1.82, 2.24) is 0 Å². The molecule has 86 valence electrons. The van der Waals surface area contributed by atoms with Crippen LogP contribution in [0.4, 0.5) is 0 Å². The van der Waals surface area contributed by atoms with E-state index < -0.39 is 24.4 Å². The molecule has 4 nitrogen and oxygen atoms in total. The van der Waals surface area contributed by atoms with Crippen molar-refractivity contribution in [2.75, 3.05) is 6.61 Å². The number of rotatable bonds is 5. The fourth-order valence-corrected chi connectivity index (χ4v) is 1.28. The summed E-state index contributed by atoms with van der Waals surface area (Å²) >= 11 is 0. The maximum absolute atomic E-state index is 9.78. The lowest BCUT2D eigenvalue weighted by Crippen LogP contribution is -2.62. The molecule has 4 heteroatoms. The molecule has 0 aliphatic heterocycles. The number of nitrogens with two attached hydrogens (primary N) is 1. The van der Waals surface area contributed by atoms with Gasteiger partial charge in [-0.05, 0) is 18.8 Å². The molecule has 0 saturated carbocycles. The molecular weight excluding hydrogens is 182 g/mol. The Labute approximate surface area is 85.7 Å². The highest BCUT2D eigenvalue weighted by Crippen LogP contribution is 2.35. The average molecular weight is 205 g/mol. The lowest BCUT2D eigenvalue weighted by atomic mass is 9.68. The molecule has 0 aliphatic rings. The summed E-state index contributed by atoms with van der Waals surface area (Å²) in [4.78, 5) is 0. The molecule has 0 rings (SSSR count). The molecule has 0 aromatic rings. The summed E-state index contributed by atoms with van der Waals surface area (Å²) in [5.74, 6) is 0. The normalized spacial score (nSPS) is 21.4. The minimum absolute atomic E-state index is 0.303. The van der Waals surface area contributed by atoms with Crippen molar-refractivity contribution in [3.63, 3.8) is 0 Å². The third-order valence-corrected chi connectivity index (χ3v) is 3.51. The molecule has 0 fully saturated rings.